The average Bonchev–Trinajstić information content (AvgIpc) is 2.49. The summed E-state index contributed by atoms with van der Waals surface area (Å²) < 4.78 is 1.41. The van der Waals surface area contributed by atoms with Crippen molar-refractivity contribution in [1.29, 1.82) is 0 Å². The largest absolute Gasteiger partial charge is 0.365 e. The second-order valence-corrected chi connectivity index (χ2v) is 4.94. The predicted octanol–water partition coefficient (Wildman–Crippen LogP) is 1.99. The molecule has 0 fully saturated rings. The first-order valence-electron chi connectivity index (χ1n) is 6.30. The van der Waals surface area contributed by atoms with Crippen LogP contribution in [0, 0.1) is 0 Å². The Morgan fingerprint density at radius 3 is 2.86 bits per heavy atom. The maximum atomic E-state index is 12.3. The van der Waals surface area contributed by atoms with Crippen molar-refractivity contribution in [2.75, 3.05) is 5.32 Å². The van der Waals surface area contributed by atoms with Gasteiger partial charge in [0.25, 0.3) is 5.56 Å². The van der Waals surface area contributed by atoms with Gasteiger partial charge in [0.1, 0.15) is 16.4 Å². The molecule has 0 aliphatic heterocycles. The Balaban J connectivity index is 2.05. The summed E-state index contributed by atoms with van der Waals surface area (Å²) in [5.74, 6) is 0.433. The van der Waals surface area contributed by atoms with Crippen LogP contribution in [0.3, 0.4) is 0 Å². The molecule has 0 aliphatic carbocycles. The lowest BCUT2D eigenvalue weighted by Gasteiger charge is -2.09. The number of fused-ring (bicyclic) bond motifs is 1. The van der Waals surface area contributed by atoms with Gasteiger partial charge < -0.3 is 9.88 Å². The second-order valence-electron chi connectivity index (χ2n) is 4.56. The molecule has 0 unspecified atom stereocenters. The summed E-state index contributed by atoms with van der Waals surface area (Å²) in [7, 11) is 1.65. The topological polar surface area (TPSA) is 72.7 Å². The van der Waals surface area contributed by atoms with Gasteiger partial charge in [-0.05, 0) is 17.7 Å². The number of anilines is 1. The Hall–Kier alpha value is -2.47. The normalized spacial score (nSPS) is 10.8. The minimum absolute atomic E-state index is 0.165. The van der Waals surface area contributed by atoms with Crippen molar-refractivity contribution in [3.05, 3.63) is 58.0 Å². The summed E-state index contributed by atoms with van der Waals surface area (Å²) in [6.07, 6.45) is 4.88. The van der Waals surface area contributed by atoms with Gasteiger partial charge in [0, 0.05) is 32.1 Å². The van der Waals surface area contributed by atoms with Crippen molar-refractivity contribution in [2.24, 2.45) is 7.05 Å². The highest BCUT2D eigenvalue weighted by Crippen LogP contribution is 2.20. The molecular formula is C14H12ClN5O. The van der Waals surface area contributed by atoms with E-state index in [4.69, 9.17) is 11.6 Å². The Morgan fingerprint density at radius 1 is 1.33 bits per heavy atom. The zero-order valence-corrected chi connectivity index (χ0v) is 12.0. The van der Waals surface area contributed by atoms with Crippen molar-refractivity contribution in [1.82, 2.24) is 19.5 Å². The smallest absolute Gasteiger partial charge is 0.264 e. The Labute approximate surface area is 125 Å². The molecule has 0 bridgehead atoms. The molecule has 3 aromatic heterocycles. The predicted molar refractivity (Wildman–Crippen MR) is 81.4 cm³/mol. The summed E-state index contributed by atoms with van der Waals surface area (Å²) in [4.78, 5) is 24.6. The molecule has 1 N–H and O–H groups in total. The van der Waals surface area contributed by atoms with Gasteiger partial charge in [-0.2, -0.15) is 0 Å². The molecular weight excluding hydrogens is 290 g/mol. The Kier molecular flexibility index (Phi) is 3.53. The van der Waals surface area contributed by atoms with Crippen LogP contribution >= 0.6 is 11.6 Å². The molecule has 3 rings (SSSR count). The lowest BCUT2D eigenvalue weighted by Crippen LogP contribution is -2.19. The molecule has 0 aromatic carbocycles. The molecule has 0 saturated carbocycles. The van der Waals surface area contributed by atoms with Gasteiger partial charge in [0.05, 0.1) is 11.8 Å². The molecule has 0 radical (unpaired) electrons. The number of rotatable bonds is 3. The van der Waals surface area contributed by atoms with Gasteiger partial charge in [0.15, 0.2) is 0 Å². The quantitative estimate of drug-likeness (QED) is 0.749. The SMILES string of the molecule is Cn1cnc2cc(Cl)nc(NCc3ccncc3)c2c1=O. The van der Waals surface area contributed by atoms with Crippen LogP contribution < -0.4 is 10.9 Å². The summed E-state index contributed by atoms with van der Waals surface area (Å²) in [5.41, 5.74) is 1.39. The van der Waals surface area contributed by atoms with Crippen molar-refractivity contribution in [2.45, 2.75) is 6.54 Å². The minimum Gasteiger partial charge on any atom is -0.365 e. The first kappa shape index (κ1) is 13.5. The summed E-state index contributed by atoms with van der Waals surface area (Å²) in [6.45, 7) is 0.517. The van der Waals surface area contributed by atoms with Crippen LogP contribution in [0.2, 0.25) is 5.15 Å². The van der Waals surface area contributed by atoms with Crippen LogP contribution in [0.25, 0.3) is 10.9 Å². The molecule has 21 heavy (non-hydrogen) atoms. The van der Waals surface area contributed by atoms with E-state index < -0.39 is 0 Å². The first-order valence-corrected chi connectivity index (χ1v) is 6.67. The molecule has 0 saturated heterocycles. The first-order chi connectivity index (χ1) is 10.1. The fraction of sp³-hybridized carbons (Fsp3) is 0.143. The highest BCUT2D eigenvalue weighted by atomic mass is 35.5. The van der Waals surface area contributed by atoms with E-state index in [1.165, 1.54) is 10.9 Å². The van der Waals surface area contributed by atoms with Gasteiger partial charge in [-0.3, -0.25) is 9.78 Å². The Morgan fingerprint density at radius 2 is 2.10 bits per heavy atom. The molecule has 106 valence electrons. The third-order valence-electron chi connectivity index (χ3n) is 3.08. The number of pyridine rings is 2. The maximum Gasteiger partial charge on any atom is 0.264 e. The summed E-state index contributed by atoms with van der Waals surface area (Å²) in [6, 6.07) is 5.35. The fourth-order valence-electron chi connectivity index (χ4n) is 2.01. The molecule has 6 nitrogen and oxygen atoms in total. The Bertz CT molecular complexity index is 847. The van der Waals surface area contributed by atoms with Gasteiger partial charge in [0.2, 0.25) is 0 Å². The van der Waals surface area contributed by atoms with E-state index in [1.54, 1.807) is 25.5 Å². The van der Waals surface area contributed by atoms with Gasteiger partial charge in [-0.25, -0.2) is 9.97 Å². The number of hydrogen-bond donors (Lipinski definition) is 1. The number of nitrogens with one attached hydrogen (secondary N) is 1. The standard InChI is InChI=1S/C14H12ClN5O/c1-20-8-18-10-6-11(15)19-13(12(10)14(20)21)17-7-9-2-4-16-5-3-9/h2-6,8H,7H2,1H3,(H,17,19). The molecule has 3 heterocycles. The maximum absolute atomic E-state index is 12.3. The summed E-state index contributed by atoms with van der Waals surface area (Å²) in [5, 5.41) is 3.86. The van der Waals surface area contributed by atoms with Crippen molar-refractivity contribution in [3.8, 4) is 0 Å². The van der Waals surface area contributed by atoms with Crippen LogP contribution in [-0.4, -0.2) is 19.5 Å². The van der Waals surface area contributed by atoms with E-state index in [9.17, 15) is 4.79 Å². The van der Waals surface area contributed by atoms with E-state index in [0.29, 0.717) is 28.4 Å². The zero-order valence-electron chi connectivity index (χ0n) is 11.2. The number of aryl methyl sites for hydroxylation is 1. The number of hydrogen-bond acceptors (Lipinski definition) is 5. The van der Waals surface area contributed by atoms with Crippen LogP contribution in [-0.2, 0) is 13.6 Å². The van der Waals surface area contributed by atoms with Crippen LogP contribution in [0.4, 0.5) is 5.82 Å². The van der Waals surface area contributed by atoms with Crippen molar-refractivity contribution >= 4 is 28.3 Å². The number of halogens is 1. The van der Waals surface area contributed by atoms with E-state index in [-0.39, 0.29) is 5.56 Å². The monoisotopic (exact) mass is 301 g/mol. The molecule has 0 spiro atoms. The van der Waals surface area contributed by atoms with Crippen molar-refractivity contribution in [3.63, 3.8) is 0 Å². The fourth-order valence-corrected chi connectivity index (χ4v) is 2.19. The van der Waals surface area contributed by atoms with Crippen LogP contribution in [0.15, 0.2) is 41.7 Å². The van der Waals surface area contributed by atoms with Crippen molar-refractivity contribution < 1.29 is 0 Å². The van der Waals surface area contributed by atoms with Crippen LogP contribution in [0.5, 0.6) is 0 Å². The average molecular weight is 302 g/mol. The summed E-state index contributed by atoms with van der Waals surface area (Å²) >= 11 is 5.99. The molecule has 7 heteroatoms. The number of nitrogens with zero attached hydrogens (tertiary/aromatic N) is 4. The third kappa shape index (κ3) is 2.71. The molecule has 0 aliphatic rings. The van der Waals surface area contributed by atoms with Crippen LogP contribution in [0.1, 0.15) is 5.56 Å². The lowest BCUT2D eigenvalue weighted by atomic mass is 10.2. The van der Waals surface area contributed by atoms with E-state index >= 15 is 0 Å². The van der Waals surface area contributed by atoms with Gasteiger partial charge in [-0.1, -0.05) is 11.6 Å². The molecule has 3 aromatic rings. The van der Waals surface area contributed by atoms with E-state index in [2.05, 4.69) is 20.3 Å². The van der Waals surface area contributed by atoms with Gasteiger partial charge in [-0.15, -0.1) is 0 Å². The lowest BCUT2D eigenvalue weighted by molar-refractivity contribution is 0.842. The van der Waals surface area contributed by atoms with E-state index in [1.807, 2.05) is 12.1 Å². The highest BCUT2D eigenvalue weighted by molar-refractivity contribution is 6.30. The second kappa shape index (κ2) is 5.49. The zero-order chi connectivity index (χ0) is 14.8. The number of aromatic nitrogens is 4. The van der Waals surface area contributed by atoms with E-state index in [0.717, 1.165) is 5.56 Å². The van der Waals surface area contributed by atoms with Gasteiger partial charge >= 0.3 is 0 Å². The molecule has 0 amide bonds. The third-order valence-corrected chi connectivity index (χ3v) is 3.27. The minimum atomic E-state index is -0.165. The molecule has 0 atom stereocenters. The highest BCUT2D eigenvalue weighted by Gasteiger charge is 2.11.